The predicted molar refractivity (Wildman–Crippen MR) is 118 cm³/mol. The normalized spacial score (nSPS) is 15.8. The summed E-state index contributed by atoms with van der Waals surface area (Å²) in [5, 5.41) is 2.74. The lowest BCUT2D eigenvalue weighted by Crippen LogP contribution is -2.16. The van der Waals surface area contributed by atoms with E-state index in [9.17, 15) is 13.2 Å². The molecule has 2 heterocycles. The molecule has 9 nitrogen and oxygen atoms in total. The number of hydrogen-bond donors (Lipinski definition) is 2. The molecule has 10 heteroatoms. The van der Waals surface area contributed by atoms with Crippen molar-refractivity contribution in [1.82, 2.24) is 9.97 Å². The van der Waals surface area contributed by atoms with Gasteiger partial charge in [0.2, 0.25) is 5.95 Å². The number of ether oxygens (including phenoxy) is 2. The first-order valence-corrected chi connectivity index (χ1v) is 11.5. The number of carbonyl (C=O) groups excluding carboxylic acids is 1. The third-order valence-electron chi connectivity index (χ3n) is 4.79. The maximum Gasteiger partial charge on any atom is 0.264 e. The summed E-state index contributed by atoms with van der Waals surface area (Å²) in [5.41, 5.74) is 0.915. The second-order valence-electron chi connectivity index (χ2n) is 7.13. The van der Waals surface area contributed by atoms with Gasteiger partial charge in [0.15, 0.2) is 0 Å². The minimum Gasteiger partial charge on any atom is -0.491 e. The third kappa shape index (κ3) is 5.59. The highest BCUT2D eigenvalue weighted by atomic mass is 32.2. The first-order valence-electron chi connectivity index (χ1n) is 10.1. The first kappa shape index (κ1) is 21.7. The zero-order chi connectivity index (χ0) is 22.4. The fourth-order valence-electron chi connectivity index (χ4n) is 3.12. The van der Waals surface area contributed by atoms with Crippen LogP contribution >= 0.6 is 0 Å². The Morgan fingerprint density at radius 1 is 1.06 bits per heavy atom. The molecule has 1 aliphatic rings. The van der Waals surface area contributed by atoms with Gasteiger partial charge in [-0.05, 0) is 67.4 Å². The number of nitrogens with one attached hydrogen (secondary N) is 2. The van der Waals surface area contributed by atoms with Crippen LogP contribution in [-0.2, 0) is 14.8 Å². The van der Waals surface area contributed by atoms with Crippen LogP contribution in [0.4, 0.5) is 11.6 Å². The highest BCUT2D eigenvalue weighted by Gasteiger charge is 2.17. The number of sulfonamides is 1. The number of benzene rings is 2. The molecule has 1 aliphatic heterocycles. The largest absolute Gasteiger partial charge is 0.491 e. The van der Waals surface area contributed by atoms with Crippen molar-refractivity contribution in [2.75, 3.05) is 23.3 Å². The number of aromatic nitrogens is 2. The maximum absolute atomic E-state index is 12.5. The fraction of sp³-hybridized carbons (Fsp3) is 0.227. The molecule has 1 aromatic heterocycles. The number of rotatable bonds is 8. The van der Waals surface area contributed by atoms with E-state index in [2.05, 4.69) is 20.0 Å². The van der Waals surface area contributed by atoms with Gasteiger partial charge in [-0.3, -0.25) is 4.79 Å². The molecule has 0 radical (unpaired) electrons. The molecule has 0 bridgehead atoms. The van der Waals surface area contributed by atoms with Gasteiger partial charge < -0.3 is 14.8 Å². The molecule has 166 valence electrons. The van der Waals surface area contributed by atoms with E-state index >= 15 is 0 Å². The summed E-state index contributed by atoms with van der Waals surface area (Å²) in [6.45, 7) is 1.27. The minimum absolute atomic E-state index is 0.0203. The van der Waals surface area contributed by atoms with E-state index in [4.69, 9.17) is 9.47 Å². The van der Waals surface area contributed by atoms with E-state index in [1.807, 2.05) is 0 Å². The second kappa shape index (κ2) is 9.75. The standard InChI is InChI=1S/C22H22N4O5S/c27-21(16-4-8-18(9-5-16)31-15-19-3-1-14-30-19)25-17-6-10-20(11-7-17)32(28,29)26-22-23-12-2-13-24-22/h2,4-13,19H,1,3,14-15H2,(H,25,27)(H,23,24,26)/t19-/m0/s1. The predicted octanol–water partition coefficient (Wildman–Crippen LogP) is 3.09. The van der Waals surface area contributed by atoms with E-state index in [-0.39, 0.29) is 22.9 Å². The molecular weight excluding hydrogens is 432 g/mol. The summed E-state index contributed by atoms with van der Waals surface area (Å²) in [6, 6.07) is 14.2. The lowest BCUT2D eigenvalue weighted by molar-refractivity contribution is 0.0679. The molecule has 1 saturated heterocycles. The SMILES string of the molecule is O=C(Nc1ccc(S(=O)(=O)Nc2ncccn2)cc1)c1ccc(OC[C@@H]2CCCO2)cc1. The Bertz CT molecular complexity index is 1150. The van der Waals surface area contributed by atoms with E-state index in [0.717, 1.165) is 19.4 Å². The van der Waals surface area contributed by atoms with Crippen LogP contribution < -0.4 is 14.8 Å². The number of amides is 1. The molecule has 1 amide bonds. The molecular formula is C22H22N4O5S. The van der Waals surface area contributed by atoms with Gasteiger partial charge in [-0.15, -0.1) is 0 Å². The maximum atomic E-state index is 12.5. The molecule has 0 unspecified atom stereocenters. The van der Waals surface area contributed by atoms with E-state index in [1.54, 1.807) is 30.3 Å². The molecule has 2 N–H and O–H groups in total. The van der Waals surface area contributed by atoms with Gasteiger partial charge in [-0.25, -0.2) is 23.1 Å². The van der Waals surface area contributed by atoms with E-state index < -0.39 is 10.0 Å². The van der Waals surface area contributed by atoms with Gasteiger partial charge >= 0.3 is 0 Å². The van der Waals surface area contributed by atoms with Crippen molar-refractivity contribution >= 4 is 27.6 Å². The second-order valence-corrected chi connectivity index (χ2v) is 8.81. The molecule has 0 saturated carbocycles. The number of carbonyl (C=O) groups is 1. The number of hydrogen-bond acceptors (Lipinski definition) is 7. The quantitative estimate of drug-likeness (QED) is 0.537. The Morgan fingerprint density at radius 2 is 1.78 bits per heavy atom. The molecule has 1 fully saturated rings. The molecule has 2 aromatic carbocycles. The lowest BCUT2D eigenvalue weighted by atomic mass is 10.2. The average Bonchev–Trinajstić information content (AvgIpc) is 3.32. The van der Waals surface area contributed by atoms with E-state index in [1.165, 1.54) is 36.7 Å². The van der Waals surface area contributed by atoms with Gasteiger partial charge in [0.1, 0.15) is 12.4 Å². The van der Waals surface area contributed by atoms with Gasteiger partial charge in [0, 0.05) is 30.3 Å². The molecule has 4 rings (SSSR count). The Balaban J connectivity index is 1.34. The summed E-state index contributed by atoms with van der Waals surface area (Å²) in [6.07, 6.45) is 5.05. The van der Waals surface area contributed by atoms with Crippen molar-refractivity contribution in [3.8, 4) is 5.75 Å². The van der Waals surface area contributed by atoms with Crippen LogP contribution in [0.15, 0.2) is 71.9 Å². The summed E-state index contributed by atoms with van der Waals surface area (Å²) in [4.78, 5) is 20.2. The van der Waals surface area contributed by atoms with Crippen molar-refractivity contribution in [1.29, 1.82) is 0 Å². The van der Waals surface area contributed by atoms with Crippen LogP contribution in [0.25, 0.3) is 0 Å². The van der Waals surface area contributed by atoms with Gasteiger partial charge in [-0.1, -0.05) is 0 Å². The monoisotopic (exact) mass is 454 g/mol. The Labute approximate surface area is 185 Å². The lowest BCUT2D eigenvalue weighted by Gasteiger charge is -2.12. The fourth-order valence-corrected chi connectivity index (χ4v) is 4.08. The molecule has 0 spiro atoms. The van der Waals surface area contributed by atoms with Crippen molar-refractivity contribution < 1.29 is 22.7 Å². The van der Waals surface area contributed by atoms with E-state index in [0.29, 0.717) is 23.6 Å². The van der Waals surface area contributed by atoms with Gasteiger partial charge in [0.05, 0.1) is 11.0 Å². The molecule has 32 heavy (non-hydrogen) atoms. The van der Waals surface area contributed by atoms with Crippen LogP contribution in [0.2, 0.25) is 0 Å². The van der Waals surface area contributed by atoms with Crippen molar-refractivity contribution in [3.63, 3.8) is 0 Å². The van der Waals surface area contributed by atoms with Crippen molar-refractivity contribution in [2.45, 2.75) is 23.8 Å². The van der Waals surface area contributed by atoms with Crippen LogP contribution in [0.1, 0.15) is 23.2 Å². The zero-order valence-corrected chi connectivity index (χ0v) is 17.9. The summed E-state index contributed by atoms with van der Waals surface area (Å²) < 4.78 is 38.4. The molecule has 1 atom stereocenters. The van der Waals surface area contributed by atoms with Gasteiger partial charge in [0.25, 0.3) is 15.9 Å². The zero-order valence-electron chi connectivity index (χ0n) is 17.1. The highest BCUT2D eigenvalue weighted by molar-refractivity contribution is 7.92. The van der Waals surface area contributed by atoms with Crippen LogP contribution in [-0.4, -0.2) is 43.6 Å². The summed E-state index contributed by atoms with van der Waals surface area (Å²) in [7, 11) is -3.84. The van der Waals surface area contributed by atoms with Crippen LogP contribution in [0.5, 0.6) is 5.75 Å². The first-order chi connectivity index (χ1) is 15.5. The van der Waals surface area contributed by atoms with Crippen LogP contribution in [0.3, 0.4) is 0 Å². The number of nitrogens with zero attached hydrogens (tertiary/aromatic N) is 2. The average molecular weight is 455 g/mol. The highest BCUT2D eigenvalue weighted by Crippen LogP contribution is 2.19. The third-order valence-corrected chi connectivity index (χ3v) is 6.13. The minimum atomic E-state index is -3.84. The topological polar surface area (TPSA) is 120 Å². The van der Waals surface area contributed by atoms with Crippen molar-refractivity contribution in [3.05, 3.63) is 72.6 Å². The Kier molecular flexibility index (Phi) is 6.62. The Hall–Kier alpha value is -3.50. The van der Waals surface area contributed by atoms with Crippen LogP contribution in [0, 0.1) is 0 Å². The van der Waals surface area contributed by atoms with Crippen molar-refractivity contribution in [2.24, 2.45) is 0 Å². The smallest absolute Gasteiger partial charge is 0.264 e. The summed E-state index contributed by atoms with van der Waals surface area (Å²) in [5.74, 6) is 0.330. The molecule has 3 aromatic rings. The number of anilines is 2. The molecule has 0 aliphatic carbocycles. The van der Waals surface area contributed by atoms with Gasteiger partial charge in [-0.2, -0.15) is 0 Å². The Morgan fingerprint density at radius 3 is 2.44 bits per heavy atom. The summed E-state index contributed by atoms with van der Waals surface area (Å²) >= 11 is 0.